The molecule has 2 heterocycles. The first kappa shape index (κ1) is 16.4. The summed E-state index contributed by atoms with van der Waals surface area (Å²) in [6.07, 6.45) is 0. The number of anilines is 1. The number of nitrogens with one attached hydrogen (secondary N) is 1. The highest BCUT2D eigenvalue weighted by Crippen LogP contribution is 2.26. The first-order chi connectivity index (χ1) is 11.5. The summed E-state index contributed by atoms with van der Waals surface area (Å²) in [4.78, 5) is 16.7. The lowest BCUT2D eigenvalue weighted by molar-refractivity contribution is 0.102. The number of aryl methyl sites for hydroxylation is 2. The summed E-state index contributed by atoms with van der Waals surface area (Å²) < 4.78 is 10.9. The standard InChI is InChI=1S/C15H14ClN5O2S/c1-8-11(12(16)21(2)19-8)14(22)18-15-17-13(20-24-15)9-5-4-6-10(7-9)23-3/h4-7H,1-3H3,(H,17,18,20,22). The van der Waals surface area contributed by atoms with E-state index in [1.807, 2.05) is 24.3 Å². The van der Waals surface area contributed by atoms with Crippen LogP contribution in [0.25, 0.3) is 11.4 Å². The van der Waals surface area contributed by atoms with Crippen molar-refractivity contribution in [3.63, 3.8) is 0 Å². The van der Waals surface area contributed by atoms with Crippen molar-refractivity contribution in [2.24, 2.45) is 7.05 Å². The molecule has 24 heavy (non-hydrogen) atoms. The van der Waals surface area contributed by atoms with Crippen molar-refractivity contribution in [3.8, 4) is 17.1 Å². The average Bonchev–Trinajstić information content (AvgIpc) is 3.12. The Hall–Kier alpha value is -2.45. The minimum Gasteiger partial charge on any atom is -0.497 e. The molecule has 0 bridgehead atoms. The largest absolute Gasteiger partial charge is 0.497 e. The maximum Gasteiger partial charge on any atom is 0.262 e. The van der Waals surface area contributed by atoms with E-state index in [1.54, 1.807) is 21.1 Å². The molecule has 7 nitrogen and oxygen atoms in total. The van der Waals surface area contributed by atoms with Crippen LogP contribution in [0.5, 0.6) is 5.75 Å². The smallest absolute Gasteiger partial charge is 0.262 e. The van der Waals surface area contributed by atoms with Crippen molar-refractivity contribution in [2.45, 2.75) is 6.92 Å². The summed E-state index contributed by atoms with van der Waals surface area (Å²) in [6, 6.07) is 7.39. The number of ether oxygens (including phenoxy) is 1. The van der Waals surface area contributed by atoms with Gasteiger partial charge >= 0.3 is 0 Å². The Balaban J connectivity index is 1.82. The summed E-state index contributed by atoms with van der Waals surface area (Å²) >= 11 is 7.20. The lowest BCUT2D eigenvalue weighted by atomic mass is 10.2. The number of carbonyl (C=O) groups is 1. The normalized spacial score (nSPS) is 10.7. The van der Waals surface area contributed by atoms with E-state index in [4.69, 9.17) is 16.3 Å². The number of benzene rings is 1. The lowest BCUT2D eigenvalue weighted by Crippen LogP contribution is -2.13. The number of hydrogen-bond donors (Lipinski definition) is 1. The molecule has 0 spiro atoms. The third kappa shape index (κ3) is 3.10. The molecule has 0 aliphatic heterocycles. The predicted octanol–water partition coefficient (Wildman–Crippen LogP) is 3.16. The first-order valence-corrected chi connectivity index (χ1v) is 8.13. The number of aromatic nitrogens is 4. The molecule has 3 aromatic rings. The van der Waals surface area contributed by atoms with Gasteiger partial charge in [0.25, 0.3) is 5.91 Å². The van der Waals surface area contributed by atoms with Crippen LogP contribution in [-0.4, -0.2) is 32.2 Å². The molecule has 9 heteroatoms. The van der Waals surface area contributed by atoms with Crippen LogP contribution in [0.4, 0.5) is 5.13 Å². The van der Waals surface area contributed by atoms with Gasteiger partial charge in [-0.3, -0.25) is 14.8 Å². The van der Waals surface area contributed by atoms with Crippen molar-refractivity contribution >= 4 is 34.2 Å². The molecule has 0 saturated carbocycles. The van der Waals surface area contributed by atoms with Crippen LogP contribution in [0.15, 0.2) is 24.3 Å². The molecule has 1 amide bonds. The summed E-state index contributed by atoms with van der Waals surface area (Å²) in [7, 11) is 3.27. The molecular formula is C15H14ClN5O2S. The first-order valence-electron chi connectivity index (χ1n) is 6.98. The Bertz CT molecular complexity index is 905. The quantitative estimate of drug-likeness (QED) is 0.769. The van der Waals surface area contributed by atoms with Gasteiger partial charge in [0.2, 0.25) is 5.13 Å². The van der Waals surface area contributed by atoms with Gasteiger partial charge in [-0.15, -0.1) is 0 Å². The van der Waals surface area contributed by atoms with E-state index in [9.17, 15) is 4.79 Å². The Kier molecular flexibility index (Phi) is 4.50. The van der Waals surface area contributed by atoms with Crippen LogP contribution in [0, 0.1) is 6.92 Å². The van der Waals surface area contributed by atoms with Gasteiger partial charge in [-0.25, -0.2) is 0 Å². The summed E-state index contributed by atoms with van der Waals surface area (Å²) in [5, 5.41) is 7.50. The number of nitrogens with zero attached hydrogens (tertiary/aromatic N) is 4. The number of rotatable bonds is 4. The Morgan fingerprint density at radius 2 is 2.21 bits per heavy atom. The number of halogens is 1. The van der Waals surface area contributed by atoms with E-state index in [-0.39, 0.29) is 11.1 Å². The zero-order valence-corrected chi connectivity index (χ0v) is 14.8. The number of carbonyl (C=O) groups excluding carboxylic acids is 1. The molecule has 2 aromatic heterocycles. The second-order valence-corrected chi connectivity index (χ2v) is 6.09. The summed E-state index contributed by atoms with van der Waals surface area (Å²) in [5.41, 5.74) is 1.69. The molecule has 0 fully saturated rings. The maximum atomic E-state index is 12.4. The fourth-order valence-corrected chi connectivity index (χ4v) is 3.05. The summed E-state index contributed by atoms with van der Waals surface area (Å²) in [6.45, 7) is 1.72. The minimum atomic E-state index is -0.362. The van der Waals surface area contributed by atoms with E-state index in [0.717, 1.165) is 17.1 Å². The fraction of sp³-hybridized carbons (Fsp3) is 0.200. The number of hydrogen-bond acceptors (Lipinski definition) is 6. The molecule has 0 aliphatic carbocycles. The summed E-state index contributed by atoms with van der Waals surface area (Å²) in [5.74, 6) is 0.868. The highest BCUT2D eigenvalue weighted by atomic mass is 35.5. The van der Waals surface area contributed by atoms with Crippen LogP contribution in [0.3, 0.4) is 0 Å². The molecule has 0 aliphatic rings. The average molecular weight is 364 g/mol. The SMILES string of the molecule is COc1cccc(-c2nsc(NC(=O)c3c(C)nn(C)c3Cl)n2)c1. The third-order valence-corrected chi connectivity index (χ3v) is 4.42. The van der Waals surface area contributed by atoms with E-state index in [2.05, 4.69) is 19.8 Å². The molecule has 124 valence electrons. The van der Waals surface area contributed by atoms with Crippen molar-refractivity contribution in [1.82, 2.24) is 19.1 Å². The highest BCUT2D eigenvalue weighted by Gasteiger charge is 2.20. The zero-order chi connectivity index (χ0) is 17.3. The van der Waals surface area contributed by atoms with Gasteiger partial charge < -0.3 is 4.74 Å². The Labute approximate surface area is 147 Å². The second-order valence-electron chi connectivity index (χ2n) is 4.98. The van der Waals surface area contributed by atoms with Gasteiger partial charge in [-0.1, -0.05) is 23.7 Å². The van der Waals surface area contributed by atoms with Gasteiger partial charge in [0.05, 0.1) is 18.4 Å². The fourth-order valence-electron chi connectivity index (χ4n) is 2.20. The van der Waals surface area contributed by atoms with Gasteiger partial charge in [-0.2, -0.15) is 14.5 Å². The van der Waals surface area contributed by atoms with Crippen LogP contribution in [-0.2, 0) is 7.05 Å². The molecule has 0 radical (unpaired) electrons. The molecule has 3 rings (SSSR count). The van der Waals surface area contributed by atoms with Crippen molar-refractivity contribution in [2.75, 3.05) is 12.4 Å². The molecule has 0 unspecified atom stereocenters. The van der Waals surface area contributed by atoms with E-state index in [1.165, 1.54) is 4.68 Å². The molecule has 1 N–H and O–H groups in total. The van der Waals surface area contributed by atoms with Crippen LogP contribution in [0.2, 0.25) is 5.15 Å². The number of methoxy groups -OCH3 is 1. The van der Waals surface area contributed by atoms with E-state index in [0.29, 0.717) is 28.0 Å². The van der Waals surface area contributed by atoms with Gasteiger partial charge in [0.1, 0.15) is 10.9 Å². The zero-order valence-electron chi connectivity index (χ0n) is 13.2. The van der Waals surface area contributed by atoms with Crippen molar-refractivity contribution < 1.29 is 9.53 Å². The highest BCUT2D eigenvalue weighted by molar-refractivity contribution is 7.10. The molecule has 0 atom stereocenters. The van der Waals surface area contributed by atoms with Gasteiger partial charge in [-0.05, 0) is 19.1 Å². The van der Waals surface area contributed by atoms with Gasteiger partial charge in [0, 0.05) is 24.1 Å². The van der Waals surface area contributed by atoms with Crippen LogP contribution < -0.4 is 10.1 Å². The minimum absolute atomic E-state index is 0.280. The van der Waals surface area contributed by atoms with Gasteiger partial charge in [0.15, 0.2) is 5.82 Å². The monoisotopic (exact) mass is 363 g/mol. The number of amides is 1. The lowest BCUT2D eigenvalue weighted by Gasteiger charge is -2.01. The van der Waals surface area contributed by atoms with E-state index < -0.39 is 0 Å². The molecule has 1 aromatic carbocycles. The van der Waals surface area contributed by atoms with Crippen LogP contribution in [0.1, 0.15) is 16.1 Å². The van der Waals surface area contributed by atoms with Crippen LogP contribution >= 0.6 is 23.1 Å². The van der Waals surface area contributed by atoms with E-state index >= 15 is 0 Å². The van der Waals surface area contributed by atoms with Crippen molar-refractivity contribution in [1.29, 1.82) is 0 Å². The second kappa shape index (κ2) is 6.58. The van der Waals surface area contributed by atoms with Crippen molar-refractivity contribution in [3.05, 3.63) is 40.7 Å². The molecular weight excluding hydrogens is 350 g/mol. The maximum absolute atomic E-state index is 12.4. The Morgan fingerprint density at radius 1 is 1.42 bits per heavy atom. The molecule has 0 saturated heterocycles. The Morgan fingerprint density at radius 3 is 2.88 bits per heavy atom. The third-order valence-electron chi connectivity index (χ3n) is 3.35. The topological polar surface area (TPSA) is 81.9 Å². The predicted molar refractivity (Wildman–Crippen MR) is 92.8 cm³/mol.